The van der Waals surface area contributed by atoms with E-state index >= 15 is 0 Å². The molecule has 0 saturated carbocycles. The molecule has 0 bridgehead atoms. The molecular formula is C21H17N5OS. The van der Waals surface area contributed by atoms with Crippen molar-refractivity contribution in [3.63, 3.8) is 0 Å². The molecule has 6 nitrogen and oxygen atoms in total. The summed E-state index contributed by atoms with van der Waals surface area (Å²) in [5.41, 5.74) is 2.98. The molecule has 0 spiro atoms. The number of carbonyl (C=O) groups is 1. The summed E-state index contributed by atoms with van der Waals surface area (Å²) < 4.78 is 1.96. The molecule has 1 N–H and O–H groups in total. The fourth-order valence-corrected chi connectivity index (χ4v) is 3.36. The van der Waals surface area contributed by atoms with Gasteiger partial charge in [0.05, 0.1) is 22.9 Å². The van der Waals surface area contributed by atoms with Crippen LogP contribution in [-0.2, 0) is 11.8 Å². The zero-order valence-electron chi connectivity index (χ0n) is 15.1. The van der Waals surface area contributed by atoms with E-state index in [1.165, 1.54) is 6.08 Å². The summed E-state index contributed by atoms with van der Waals surface area (Å²) in [4.78, 5) is 26.3. The molecule has 0 aliphatic rings. The molecule has 28 heavy (non-hydrogen) atoms. The van der Waals surface area contributed by atoms with Gasteiger partial charge in [0.1, 0.15) is 0 Å². The van der Waals surface area contributed by atoms with Gasteiger partial charge < -0.3 is 9.88 Å². The van der Waals surface area contributed by atoms with Crippen LogP contribution < -0.4 is 5.32 Å². The maximum absolute atomic E-state index is 12.2. The van der Waals surface area contributed by atoms with Crippen LogP contribution in [-0.4, -0.2) is 25.4 Å². The van der Waals surface area contributed by atoms with E-state index in [4.69, 9.17) is 0 Å². The maximum atomic E-state index is 12.2. The summed E-state index contributed by atoms with van der Waals surface area (Å²) in [5.74, 6) is -0.223. The fourth-order valence-electron chi connectivity index (χ4n) is 2.56. The average Bonchev–Trinajstić information content (AvgIpc) is 3.12. The van der Waals surface area contributed by atoms with Crippen molar-refractivity contribution >= 4 is 40.5 Å². The quantitative estimate of drug-likeness (QED) is 0.521. The summed E-state index contributed by atoms with van der Waals surface area (Å²) in [6.45, 7) is 0. The lowest BCUT2D eigenvalue weighted by Crippen LogP contribution is -2.07. The van der Waals surface area contributed by atoms with Crippen molar-refractivity contribution in [1.29, 1.82) is 0 Å². The third-order valence-corrected chi connectivity index (χ3v) is 5.06. The van der Waals surface area contributed by atoms with Crippen LogP contribution in [0.2, 0.25) is 0 Å². The minimum absolute atomic E-state index is 0.223. The highest BCUT2D eigenvalue weighted by Gasteiger charge is 2.04. The number of fused-ring (bicyclic) bond motifs is 1. The zero-order chi connectivity index (χ0) is 19.3. The first kappa shape index (κ1) is 17.9. The van der Waals surface area contributed by atoms with E-state index in [0.29, 0.717) is 5.69 Å². The summed E-state index contributed by atoms with van der Waals surface area (Å²) in [6, 6.07) is 15.3. The Morgan fingerprint density at radius 2 is 1.86 bits per heavy atom. The molecule has 0 atom stereocenters. The second kappa shape index (κ2) is 8.06. The molecule has 0 fully saturated rings. The number of carbonyl (C=O) groups excluding carboxylic acids is 1. The predicted molar refractivity (Wildman–Crippen MR) is 111 cm³/mol. The summed E-state index contributed by atoms with van der Waals surface area (Å²) in [7, 11) is 1.95. The molecule has 4 aromatic rings. The molecular weight excluding hydrogens is 370 g/mol. The highest BCUT2D eigenvalue weighted by Crippen LogP contribution is 2.26. The molecule has 7 heteroatoms. The van der Waals surface area contributed by atoms with E-state index in [-0.39, 0.29) is 5.91 Å². The van der Waals surface area contributed by atoms with Gasteiger partial charge in [0.15, 0.2) is 5.16 Å². The summed E-state index contributed by atoms with van der Waals surface area (Å²) in [6.07, 6.45) is 8.43. The fraction of sp³-hybridized carbons (Fsp3) is 0.0476. The molecule has 2 heterocycles. The van der Waals surface area contributed by atoms with E-state index in [0.717, 1.165) is 26.8 Å². The van der Waals surface area contributed by atoms with Gasteiger partial charge in [-0.3, -0.25) is 9.78 Å². The number of nitrogens with zero attached hydrogens (tertiary/aromatic N) is 4. The van der Waals surface area contributed by atoms with Gasteiger partial charge in [-0.1, -0.05) is 23.9 Å². The van der Waals surface area contributed by atoms with Crippen LogP contribution in [0.5, 0.6) is 0 Å². The molecule has 0 saturated heterocycles. The largest absolute Gasteiger partial charge is 0.329 e. The van der Waals surface area contributed by atoms with Gasteiger partial charge in [0, 0.05) is 36.1 Å². The third kappa shape index (κ3) is 4.27. The Labute approximate surface area is 166 Å². The maximum Gasteiger partial charge on any atom is 0.248 e. The van der Waals surface area contributed by atoms with Crippen molar-refractivity contribution in [3.05, 3.63) is 78.9 Å². The number of imidazole rings is 1. The van der Waals surface area contributed by atoms with Crippen molar-refractivity contribution in [2.24, 2.45) is 7.05 Å². The van der Waals surface area contributed by atoms with E-state index in [2.05, 4.69) is 20.3 Å². The second-order valence-electron chi connectivity index (χ2n) is 6.05. The number of aryl methyl sites for hydroxylation is 1. The van der Waals surface area contributed by atoms with Crippen molar-refractivity contribution in [2.75, 3.05) is 5.32 Å². The number of rotatable bonds is 5. The first-order chi connectivity index (χ1) is 13.7. The lowest BCUT2D eigenvalue weighted by Gasteiger charge is -2.05. The monoisotopic (exact) mass is 387 g/mol. The Hall–Kier alpha value is -3.45. The number of anilines is 1. The second-order valence-corrected chi connectivity index (χ2v) is 7.09. The van der Waals surface area contributed by atoms with Gasteiger partial charge in [-0.2, -0.15) is 0 Å². The number of amides is 1. The van der Waals surface area contributed by atoms with Crippen molar-refractivity contribution in [2.45, 2.75) is 10.1 Å². The standard InChI is InChI=1S/C21H17N5OS/c1-26-13-12-22-21(26)28-17-9-6-15(7-10-17)25-20(27)11-8-16-14-23-18-4-2-3-5-19(18)24-16/h2-14H,1H3,(H,25,27)/b11-8+. The van der Waals surface area contributed by atoms with Gasteiger partial charge >= 0.3 is 0 Å². The topological polar surface area (TPSA) is 72.7 Å². The van der Waals surface area contributed by atoms with E-state index in [9.17, 15) is 4.79 Å². The van der Waals surface area contributed by atoms with E-state index in [1.807, 2.05) is 66.3 Å². The molecule has 1 amide bonds. The minimum atomic E-state index is -0.223. The van der Waals surface area contributed by atoms with E-state index in [1.54, 1.807) is 30.2 Å². The number of benzene rings is 2. The lowest BCUT2D eigenvalue weighted by atomic mass is 10.3. The SMILES string of the molecule is Cn1ccnc1Sc1ccc(NC(=O)/C=C/c2cnc3ccccc3n2)cc1. The number of nitrogens with one attached hydrogen (secondary N) is 1. The van der Waals surface area contributed by atoms with Crippen LogP contribution in [0, 0.1) is 0 Å². The average molecular weight is 387 g/mol. The minimum Gasteiger partial charge on any atom is -0.329 e. The molecule has 0 aliphatic heterocycles. The van der Waals surface area contributed by atoms with Gasteiger partial charge in [-0.25, -0.2) is 9.97 Å². The van der Waals surface area contributed by atoms with Crippen molar-refractivity contribution in [3.8, 4) is 0 Å². The third-order valence-electron chi connectivity index (χ3n) is 3.98. The molecule has 2 aromatic heterocycles. The summed E-state index contributed by atoms with van der Waals surface area (Å²) in [5, 5.41) is 3.76. The zero-order valence-corrected chi connectivity index (χ0v) is 15.9. The number of para-hydroxylation sites is 2. The number of hydrogen-bond acceptors (Lipinski definition) is 5. The Kier molecular flexibility index (Phi) is 5.16. The molecule has 0 unspecified atom stereocenters. The van der Waals surface area contributed by atoms with Gasteiger partial charge in [0.2, 0.25) is 5.91 Å². The number of aromatic nitrogens is 4. The molecule has 4 rings (SSSR count). The van der Waals surface area contributed by atoms with Gasteiger partial charge in [-0.05, 0) is 42.5 Å². The van der Waals surface area contributed by atoms with Crippen LogP contribution in [0.1, 0.15) is 5.69 Å². The van der Waals surface area contributed by atoms with Crippen LogP contribution in [0.3, 0.4) is 0 Å². The van der Waals surface area contributed by atoms with Crippen molar-refractivity contribution in [1.82, 2.24) is 19.5 Å². The molecule has 138 valence electrons. The molecule has 0 radical (unpaired) electrons. The van der Waals surface area contributed by atoms with Crippen molar-refractivity contribution < 1.29 is 4.79 Å². The first-order valence-electron chi connectivity index (χ1n) is 8.63. The lowest BCUT2D eigenvalue weighted by molar-refractivity contribution is -0.111. The van der Waals surface area contributed by atoms with Crippen LogP contribution >= 0.6 is 11.8 Å². The molecule has 2 aromatic carbocycles. The van der Waals surface area contributed by atoms with Crippen LogP contribution in [0.4, 0.5) is 5.69 Å². The predicted octanol–water partition coefficient (Wildman–Crippen LogP) is 4.17. The Morgan fingerprint density at radius 3 is 2.61 bits per heavy atom. The summed E-state index contributed by atoms with van der Waals surface area (Å²) >= 11 is 1.57. The Bertz CT molecular complexity index is 1150. The smallest absolute Gasteiger partial charge is 0.248 e. The normalized spacial score (nSPS) is 11.2. The van der Waals surface area contributed by atoms with Crippen LogP contribution in [0.25, 0.3) is 17.1 Å². The molecule has 0 aliphatic carbocycles. The first-order valence-corrected chi connectivity index (χ1v) is 9.45. The Morgan fingerprint density at radius 1 is 1.07 bits per heavy atom. The highest BCUT2D eigenvalue weighted by atomic mass is 32.2. The highest BCUT2D eigenvalue weighted by molar-refractivity contribution is 7.99. The number of hydrogen-bond donors (Lipinski definition) is 1. The van der Waals surface area contributed by atoms with Crippen LogP contribution in [0.15, 0.2) is 83.2 Å². The van der Waals surface area contributed by atoms with E-state index < -0.39 is 0 Å². The van der Waals surface area contributed by atoms with Gasteiger partial charge in [-0.15, -0.1) is 0 Å². The Balaban J connectivity index is 1.38. The van der Waals surface area contributed by atoms with Gasteiger partial charge in [0.25, 0.3) is 0 Å².